The smallest absolute Gasteiger partial charge is 0.243 e. The Morgan fingerprint density at radius 1 is 1.29 bits per heavy atom. The molecule has 0 aliphatic carbocycles. The van der Waals surface area contributed by atoms with Crippen molar-refractivity contribution in [2.75, 3.05) is 6.54 Å². The van der Waals surface area contributed by atoms with Crippen LogP contribution in [0.3, 0.4) is 0 Å². The molecule has 1 aliphatic rings. The molecule has 2 aromatic rings. The van der Waals surface area contributed by atoms with Gasteiger partial charge in [0.05, 0.1) is 16.6 Å². The second kappa shape index (κ2) is 5.50. The second-order valence-corrected chi connectivity index (χ2v) is 6.76. The summed E-state index contributed by atoms with van der Waals surface area (Å²) in [7, 11) is -3.73. The molecule has 5 nitrogen and oxygen atoms in total. The molecule has 1 saturated heterocycles. The number of nitrogens with zero attached hydrogens (tertiary/aromatic N) is 3. The zero-order valence-electron chi connectivity index (χ0n) is 11.2. The van der Waals surface area contributed by atoms with Gasteiger partial charge in [-0.1, -0.05) is 6.07 Å². The van der Waals surface area contributed by atoms with Gasteiger partial charge in [-0.25, -0.2) is 22.8 Å². The fraction of sp³-hybridized carbons (Fsp3) is 0.286. The highest BCUT2D eigenvalue weighted by Gasteiger charge is 2.36. The van der Waals surface area contributed by atoms with Crippen molar-refractivity contribution in [1.82, 2.24) is 14.3 Å². The Morgan fingerprint density at radius 3 is 2.86 bits per heavy atom. The predicted octanol–water partition coefficient (Wildman–Crippen LogP) is 2.14. The molecule has 0 amide bonds. The summed E-state index contributed by atoms with van der Waals surface area (Å²) in [4.78, 5) is 7.96. The highest BCUT2D eigenvalue weighted by atomic mass is 32.2. The second-order valence-electron chi connectivity index (χ2n) is 4.87. The summed E-state index contributed by atoms with van der Waals surface area (Å²) in [6.45, 7) is 0.410. The molecule has 1 aliphatic heterocycles. The van der Waals surface area contributed by atoms with E-state index in [0.717, 1.165) is 12.5 Å². The molecular weight excluding hydrogens is 293 g/mol. The van der Waals surface area contributed by atoms with Crippen molar-refractivity contribution in [2.45, 2.75) is 23.8 Å². The van der Waals surface area contributed by atoms with E-state index in [4.69, 9.17) is 0 Å². The SMILES string of the molecule is O=S(=O)(c1cccc(F)c1)N1CCC[C@@H]1c1ccncn1. The minimum atomic E-state index is -3.73. The van der Waals surface area contributed by atoms with Gasteiger partial charge >= 0.3 is 0 Å². The molecule has 1 atom stereocenters. The maximum absolute atomic E-state index is 13.3. The first-order valence-electron chi connectivity index (χ1n) is 6.62. The molecule has 0 bridgehead atoms. The van der Waals surface area contributed by atoms with Crippen LogP contribution in [0.1, 0.15) is 24.6 Å². The standard InChI is InChI=1S/C14H14FN3O2S/c15-11-3-1-4-12(9-11)21(19,20)18-8-2-5-14(18)13-6-7-16-10-17-13/h1,3-4,6-7,9-10,14H,2,5,8H2/t14-/m1/s1. The lowest BCUT2D eigenvalue weighted by Crippen LogP contribution is -2.31. The van der Waals surface area contributed by atoms with E-state index in [1.165, 1.54) is 28.8 Å². The van der Waals surface area contributed by atoms with Gasteiger partial charge in [0.1, 0.15) is 12.1 Å². The van der Waals surface area contributed by atoms with Gasteiger partial charge in [0.15, 0.2) is 0 Å². The lowest BCUT2D eigenvalue weighted by molar-refractivity contribution is 0.390. The van der Waals surface area contributed by atoms with Gasteiger partial charge in [0, 0.05) is 12.7 Å². The lowest BCUT2D eigenvalue weighted by Gasteiger charge is -2.23. The first-order valence-corrected chi connectivity index (χ1v) is 8.06. The zero-order chi connectivity index (χ0) is 14.9. The monoisotopic (exact) mass is 307 g/mol. The van der Waals surface area contributed by atoms with Crippen molar-refractivity contribution < 1.29 is 12.8 Å². The summed E-state index contributed by atoms with van der Waals surface area (Å²) in [5.74, 6) is -0.561. The third-order valence-electron chi connectivity index (χ3n) is 3.55. The van der Waals surface area contributed by atoms with E-state index in [9.17, 15) is 12.8 Å². The predicted molar refractivity (Wildman–Crippen MR) is 74.3 cm³/mol. The molecule has 2 heterocycles. The van der Waals surface area contributed by atoms with Gasteiger partial charge in [-0.05, 0) is 37.1 Å². The van der Waals surface area contributed by atoms with E-state index >= 15 is 0 Å². The van der Waals surface area contributed by atoms with Crippen LogP contribution in [0.5, 0.6) is 0 Å². The van der Waals surface area contributed by atoms with Gasteiger partial charge in [0.25, 0.3) is 0 Å². The molecule has 0 N–H and O–H groups in total. The summed E-state index contributed by atoms with van der Waals surface area (Å²) in [6.07, 6.45) is 4.45. The van der Waals surface area contributed by atoms with Crippen LogP contribution in [0.2, 0.25) is 0 Å². The Balaban J connectivity index is 1.98. The van der Waals surface area contributed by atoms with Crippen molar-refractivity contribution in [1.29, 1.82) is 0 Å². The van der Waals surface area contributed by atoms with E-state index in [1.807, 2.05) is 0 Å². The average Bonchev–Trinajstić information content (AvgIpc) is 2.98. The minimum absolute atomic E-state index is 0.0246. The first kappa shape index (κ1) is 14.1. The number of sulfonamides is 1. The van der Waals surface area contributed by atoms with Crippen molar-refractivity contribution in [2.24, 2.45) is 0 Å². The maximum Gasteiger partial charge on any atom is 0.243 e. The molecule has 0 spiro atoms. The molecule has 0 unspecified atom stereocenters. The van der Waals surface area contributed by atoms with Gasteiger partial charge in [0.2, 0.25) is 10.0 Å². The van der Waals surface area contributed by atoms with Crippen molar-refractivity contribution in [3.05, 3.63) is 54.4 Å². The number of halogens is 1. The molecule has 7 heteroatoms. The number of aromatic nitrogens is 2. The molecule has 0 saturated carbocycles. The molecule has 1 aromatic heterocycles. The first-order chi connectivity index (χ1) is 10.1. The van der Waals surface area contributed by atoms with E-state index in [-0.39, 0.29) is 10.9 Å². The summed E-state index contributed by atoms with van der Waals surface area (Å²) < 4.78 is 40.1. The summed E-state index contributed by atoms with van der Waals surface area (Å²) >= 11 is 0. The van der Waals surface area contributed by atoms with E-state index in [2.05, 4.69) is 9.97 Å². The number of hydrogen-bond donors (Lipinski definition) is 0. The Hall–Kier alpha value is -1.86. The van der Waals surface area contributed by atoms with E-state index < -0.39 is 15.8 Å². The average molecular weight is 307 g/mol. The van der Waals surface area contributed by atoms with Crippen LogP contribution in [0.25, 0.3) is 0 Å². The Bertz CT molecular complexity index is 737. The molecule has 110 valence electrons. The molecule has 0 radical (unpaired) electrons. The van der Waals surface area contributed by atoms with Gasteiger partial charge in [-0.15, -0.1) is 0 Å². The van der Waals surface area contributed by atoms with Crippen LogP contribution in [0.15, 0.2) is 47.8 Å². The van der Waals surface area contributed by atoms with Gasteiger partial charge < -0.3 is 0 Å². The third-order valence-corrected chi connectivity index (χ3v) is 5.46. The van der Waals surface area contributed by atoms with Crippen molar-refractivity contribution in [3.8, 4) is 0 Å². The fourth-order valence-corrected chi connectivity index (χ4v) is 4.29. The number of hydrogen-bond acceptors (Lipinski definition) is 4. The van der Waals surface area contributed by atoms with Crippen LogP contribution in [-0.4, -0.2) is 29.2 Å². The van der Waals surface area contributed by atoms with Gasteiger partial charge in [-0.3, -0.25) is 0 Å². The maximum atomic E-state index is 13.3. The summed E-state index contributed by atoms with van der Waals surface area (Å²) in [5.41, 5.74) is 0.669. The fourth-order valence-electron chi connectivity index (χ4n) is 2.58. The molecule has 1 fully saturated rings. The number of rotatable bonds is 3. The van der Waals surface area contributed by atoms with Crippen LogP contribution >= 0.6 is 0 Å². The summed E-state index contributed by atoms with van der Waals surface area (Å²) in [6, 6.07) is 6.48. The molecule has 21 heavy (non-hydrogen) atoms. The van der Waals surface area contributed by atoms with Crippen molar-refractivity contribution in [3.63, 3.8) is 0 Å². The normalized spacial score (nSPS) is 19.8. The van der Waals surface area contributed by atoms with Crippen LogP contribution in [0.4, 0.5) is 4.39 Å². The third kappa shape index (κ3) is 2.66. The highest BCUT2D eigenvalue weighted by Crippen LogP contribution is 2.35. The Morgan fingerprint density at radius 2 is 2.14 bits per heavy atom. The summed E-state index contributed by atoms with van der Waals surface area (Å²) in [5, 5.41) is 0. The molecule has 1 aromatic carbocycles. The number of benzene rings is 1. The van der Waals surface area contributed by atoms with Crippen molar-refractivity contribution >= 4 is 10.0 Å². The Labute approximate surface area is 122 Å². The highest BCUT2D eigenvalue weighted by molar-refractivity contribution is 7.89. The minimum Gasteiger partial charge on any atom is -0.245 e. The molecular formula is C14H14FN3O2S. The quantitative estimate of drug-likeness (QED) is 0.871. The topological polar surface area (TPSA) is 63.2 Å². The molecule has 3 rings (SSSR count). The van der Waals surface area contributed by atoms with Crippen LogP contribution in [0, 0.1) is 5.82 Å². The van der Waals surface area contributed by atoms with E-state index in [0.29, 0.717) is 18.7 Å². The van der Waals surface area contributed by atoms with Crippen LogP contribution < -0.4 is 0 Å². The lowest BCUT2D eigenvalue weighted by atomic mass is 10.1. The largest absolute Gasteiger partial charge is 0.245 e. The van der Waals surface area contributed by atoms with E-state index in [1.54, 1.807) is 12.3 Å². The Kier molecular flexibility index (Phi) is 3.69. The van der Waals surface area contributed by atoms with Gasteiger partial charge in [-0.2, -0.15) is 4.31 Å². The zero-order valence-corrected chi connectivity index (χ0v) is 12.0. The van der Waals surface area contributed by atoms with Crippen LogP contribution in [-0.2, 0) is 10.0 Å².